The molecule has 2 saturated heterocycles. The minimum atomic E-state index is -3.99. The van der Waals surface area contributed by atoms with E-state index in [-0.39, 0.29) is 18.2 Å². The lowest BCUT2D eigenvalue weighted by molar-refractivity contribution is -0.149. The molecule has 0 bridgehead atoms. The zero-order valence-electron chi connectivity index (χ0n) is 14.7. The first kappa shape index (κ1) is 19.2. The van der Waals surface area contributed by atoms with Crippen molar-refractivity contribution in [2.75, 3.05) is 12.8 Å². The lowest BCUT2D eigenvalue weighted by Gasteiger charge is -2.45. The average Bonchev–Trinajstić information content (AvgIpc) is 2.83. The van der Waals surface area contributed by atoms with Gasteiger partial charge >= 0.3 is 7.60 Å². The van der Waals surface area contributed by atoms with Crippen molar-refractivity contribution < 1.29 is 23.6 Å². The third-order valence-corrected chi connectivity index (χ3v) is 8.46. The number of rotatable bonds is 5. The average molecular weight is 399 g/mol. The molecule has 1 aromatic rings. The van der Waals surface area contributed by atoms with E-state index >= 15 is 0 Å². The van der Waals surface area contributed by atoms with E-state index < -0.39 is 29.5 Å². The highest BCUT2D eigenvalue weighted by atomic mass is 32.2. The fourth-order valence-electron chi connectivity index (χ4n) is 3.45. The number of benzene rings is 1. The van der Waals surface area contributed by atoms with Crippen LogP contribution in [-0.2, 0) is 25.1 Å². The van der Waals surface area contributed by atoms with Crippen LogP contribution in [0.1, 0.15) is 19.4 Å². The molecule has 0 radical (unpaired) electrons. The molecule has 26 heavy (non-hydrogen) atoms. The lowest BCUT2D eigenvalue weighted by Crippen LogP contribution is -2.69. The Morgan fingerprint density at radius 1 is 1.46 bits per heavy atom. The van der Waals surface area contributed by atoms with Crippen molar-refractivity contribution >= 4 is 36.9 Å². The molecule has 0 aromatic heterocycles. The van der Waals surface area contributed by atoms with Gasteiger partial charge in [-0.3, -0.25) is 14.2 Å². The molecule has 0 saturated carbocycles. The number of β-lactam (4-membered cyclic amide) rings is 1. The standard InChI is InChI=1S/C16H22N3O5PS/c1-16(2)15(25(22,23)24-3)19-13(21)12(14(19)26-16)18-11(20)8-9-6-4-5-7-10(9)17/h4-7,12,14-15H,8,17H2,1-3H3,(H,18,20)(H,22,23)/t12?,14-,15?/m0/s1. The third-order valence-electron chi connectivity index (χ3n) is 4.68. The number of hydrogen-bond donors (Lipinski definition) is 3. The van der Waals surface area contributed by atoms with Gasteiger partial charge in [0.2, 0.25) is 11.8 Å². The van der Waals surface area contributed by atoms with Gasteiger partial charge in [-0.15, -0.1) is 11.8 Å². The summed E-state index contributed by atoms with van der Waals surface area (Å²) < 4.78 is 16.5. The number of thioether (sulfide) groups is 1. The molecule has 142 valence electrons. The Balaban J connectivity index is 1.72. The number of nitrogen functional groups attached to an aromatic ring is 1. The van der Waals surface area contributed by atoms with Gasteiger partial charge in [0, 0.05) is 17.5 Å². The Labute approximate surface area is 156 Å². The quantitative estimate of drug-likeness (QED) is 0.386. The fourth-order valence-corrected chi connectivity index (χ4v) is 7.20. The second-order valence-corrected chi connectivity index (χ2v) is 10.7. The number of anilines is 1. The molecule has 8 nitrogen and oxygen atoms in total. The molecule has 10 heteroatoms. The molecule has 2 aliphatic heterocycles. The predicted octanol–water partition coefficient (Wildman–Crippen LogP) is 1.15. The largest absolute Gasteiger partial charge is 0.398 e. The highest BCUT2D eigenvalue weighted by Gasteiger charge is 2.66. The summed E-state index contributed by atoms with van der Waals surface area (Å²) in [6, 6.07) is 6.32. The molecule has 4 N–H and O–H groups in total. The maximum absolute atomic E-state index is 12.5. The van der Waals surface area contributed by atoms with Crippen LogP contribution in [0.3, 0.4) is 0 Å². The molecule has 2 amide bonds. The van der Waals surface area contributed by atoms with Crippen LogP contribution in [0.2, 0.25) is 0 Å². The minimum Gasteiger partial charge on any atom is -0.398 e. The smallest absolute Gasteiger partial charge is 0.351 e. The Morgan fingerprint density at radius 3 is 2.73 bits per heavy atom. The van der Waals surface area contributed by atoms with Crippen LogP contribution in [-0.4, -0.2) is 50.7 Å². The van der Waals surface area contributed by atoms with Gasteiger partial charge in [-0.05, 0) is 25.5 Å². The first-order valence-corrected chi connectivity index (χ1v) is 10.6. The normalized spacial score (nSPS) is 28.8. The van der Waals surface area contributed by atoms with Crippen LogP contribution < -0.4 is 11.1 Å². The fraction of sp³-hybridized carbons (Fsp3) is 0.500. The van der Waals surface area contributed by atoms with Gasteiger partial charge < -0.3 is 25.4 Å². The van der Waals surface area contributed by atoms with Crippen LogP contribution in [0.25, 0.3) is 0 Å². The third kappa shape index (κ3) is 3.13. The number of carbonyl (C=O) groups excluding carboxylic acids is 2. The highest BCUT2D eigenvalue weighted by Crippen LogP contribution is 2.64. The maximum atomic E-state index is 12.5. The topological polar surface area (TPSA) is 122 Å². The second-order valence-electron chi connectivity index (χ2n) is 6.90. The van der Waals surface area contributed by atoms with Gasteiger partial charge in [0.25, 0.3) is 0 Å². The van der Waals surface area contributed by atoms with Gasteiger partial charge in [-0.1, -0.05) is 18.2 Å². The molecule has 3 rings (SSSR count). The summed E-state index contributed by atoms with van der Waals surface area (Å²) in [6.07, 6.45) is 0.0667. The number of nitrogens with one attached hydrogen (secondary N) is 1. The predicted molar refractivity (Wildman–Crippen MR) is 99.4 cm³/mol. The Morgan fingerprint density at radius 2 is 2.12 bits per heavy atom. The van der Waals surface area contributed by atoms with E-state index in [1.54, 1.807) is 38.1 Å². The van der Waals surface area contributed by atoms with Crippen LogP contribution in [0.4, 0.5) is 5.69 Å². The number of carbonyl (C=O) groups is 2. The van der Waals surface area contributed by atoms with Gasteiger partial charge in [-0.25, -0.2) is 0 Å². The van der Waals surface area contributed by atoms with Crippen molar-refractivity contribution in [3.8, 4) is 0 Å². The van der Waals surface area contributed by atoms with Gasteiger partial charge in [0.1, 0.15) is 17.2 Å². The summed E-state index contributed by atoms with van der Waals surface area (Å²) in [5.41, 5.74) is 7.04. The van der Waals surface area contributed by atoms with Crippen molar-refractivity contribution in [3.63, 3.8) is 0 Å². The van der Waals surface area contributed by atoms with Crippen molar-refractivity contribution in [2.24, 2.45) is 0 Å². The maximum Gasteiger partial charge on any atom is 0.351 e. The van der Waals surface area contributed by atoms with Crippen LogP contribution in [0.5, 0.6) is 0 Å². The zero-order valence-corrected chi connectivity index (χ0v) is 16.4. The summed E-state index contributed by atoms with van der Waals surface area (Å²) in [7, 11) is -2.83. The van der Waals surface area contributed by atoms with Crippen molar-refractivity contribution in [2.45, 2.75) is 42.2 Å². The van der Waals surface area contributed by atoms with Crippen LogP contribution >= 0.6 is 19.4 Å². The number of nitrogens with two attached hydrogens (primary N) is 1. The summed E-state index contributed by atoms with van der Waals surface area (Å²) in [5.74, 6) is -1.64. The zero-order chi connectivity index (χ0) is 19.3. The monoisotopic (exact) mass is 399 g/mol. The van der Waals surface area contributed by atoms with E-state index in [2.05, 4.69) is 5.32 Å². The lowest BCUT2D eigenvalue weighted by atomic mass is 10.0. The molecular formula is C16H22N3O5PS. The molecule has 2 fully saturated rings. The number of amides is 2. The summed E-state index contributed by atoms with van der Waals surface area (Å²) in [4.78, 5) is 36.3. The molecule has 4 atom stereocenters. The van der Waals surface area contributed by atoms with Crippen molar-refractivity contribution in [1.29, 1.82) is 0 Å². The summed E-state index contributed by atoms with van der Waals surface area (Å²) in [6.45, 7) is 3.58. The molecule has 2 heterocycles. The first-order valence-electron chi connectivity index (χ1n) is 8.09. The molecule has 3 unspecified atom stereocenters. The van der Waals surface area contributed by atoms with Crippen LogP contribution in [0.15, 0.2) is 24.3 Å². The van der Waals surface area contributed by atoms with Crippen molar-refractivity contribution in [1.82, 2.24) is 10.2 Å². The van der Waals surface area contributed by atoms with Gasteiger partial charge in [0.05, 0.1) is 6.42 Å². The number of para-hydroxylation sites is 1. The SMILES string of the molecule is COP(=O)(O)C1N2C(=O)C(NC(=O)Cc3ccccc3N)[C@@H]2SC1(C)C. The van der Waals surface area contributed by atoms with E-state index in [0.29, 0.717) is 11.3 Å². The van der Waals surface area contributed by atoms with E-state index in [0.717, 1.165) is 7.11 Å². The first-order chi connectivity index (χ1) is 12.1. The molecule has 1 aromatic carbocycles. The Bertz CT molecular complexity index is 802. The number of hydrogen-bond acceptors (Lipinski definition) is 6. The van der Waals surface area contributed by atoms with Gasteiger partial charge in [0.15, 0.2) is 0 Å². The molecule has 2 aliphatic rings. The Kier molecular flexibility index (Phi) is 4.85. The highest BCUT2D eigenvalue weighted by molar-refractivity contribution is 8.02. The summed E-state index contributed by atoms with van der Waals surface area (Å²) in [5, 5.41) is 2.33. The minimum absolute atomic E-state index is 0.0667. The molecule has 0 spiro atoms. The summed E-state index contributed by atoms with van der Waals surface area (Å²) >= 11 is 1.38. The number of fused-ring (bicyclic) bond motifs is 1. The van der Waals surface area contributed by atoms with E-state index in [9.17, 15) is 19.0 Å². The van der Waals surface area contributed by atoms with Crippen LogP contribution in [0, 0.1) is 0 Å². The molecular weight excluding hydrogens is 377 g/mol. The van der Waals surface area contributed by atoms with Crippen molar-refractivity contribution in [3.05, 3.63) is 29.8 Å². The second kappa shape index (κ2) is 6.56. The van der Waals surface area contributed by atoms with E-state index in [1.165, 1.54) is 16.7 Å². The van der Waals surface area contributed by atoms with E-state index in [4.69, 9.17) is 10.3 Å². The Hall–Kier alpha value is -1.54. The number of nitrogens with zero attached hydrogens (tertiary/aromatic N) is 1. The van der Waals surface area contributed by atoms with E-state index in [1.807, 2.05) is 0 Å². The van der Waals surface area contributed by atoms with Gasteiger partial charge in [-0.2, -0.15) is 0 Å². The molecule has 0 aliphatic carbocycles.